The first-order chi connectivity index (χ1) is 15.1. The van der Waals surface area contributed by atoms with E-state index in [0.717, 1.165) is 35.7 Å². The van der Waals surface area contributed by atoms with Crippen LogP contribution in [0.15, 0.2) is 60.9 Å². The van der Waals surface area contributed by atoms with Gasteiger partial charge in [-0.25, -0.2) is 15.0 Å². The Kier molecular flexibility index (Phi) is 7.92. The zero-order valence-electron chi connectivity index (χ0n) is 18.0. The monoisotopic (exact) mass is 419 g/mol. The summed E-state index contributed by atoms with van der Waals surface area (Å²) in [4.78, 5) is 26.9. The Morgan fingerprint density at radius 3 is 2.52 bits per heavy atom. The molecule has 0 bridgehead atoms. The molecular formula is C24H29N5O2. The molecular weight excluding hydrogens is 390 g/mol. The normalized spacial score (nSPS) is 11.7. The molecule has 7 heteroatoms. The van der Waals surface area contributed by atoms with Crippen molar-refractivity contribution in [2.75, 3.05) is 16.8 Å². The van der Waals surface area contributed by atoms with E-state index in [1.807, 2.05) is 25.1 Å². The van der Waals surface area contributed by atoms with E-state index in [1.165, 1.54) is 0 Å². The molecule has 7 nitrogen and oxygen atoms in total. The molecule has 0 amide bonds. The number of nitrogens with zero attached hydrogens (tertiary/aromatic N) is 4. The lowest BCUT2D eigenvalue weighted by molar-refractivity contribution is -0.141. The SMILES string of the molecule is CCCN(c1ccc(CNc2ccccn2)cc1)c1nccc(CC(CC)C(=O)O)n1. The second kappa shape index (κ2) is 11.1. The number of benzene rings is 1. The first-order valence-corrected chi connectivity index (χ1v) is 10.7. The van der Waals surface area contributed by atoms with Gasteiger partial charge in [-0.2, -0.15) is 0 Å². The molecule has 2 N–H and O–H groups in total. The molecule has 2 aromatic heterocycles. The Hall–Kier alpha value is -3.48. The molecule has 0 aliphatic rings. The summed E-state index contributed by atoms with van der Waals surface area (Å²) in [7, 11) is 0. The number of hydrogen-bond donors (Lipinski definition) is 2. The van der Waals surface area contributed by atoms with Gasteiger partial charge < -0.3 is 15.3 Å². The Bertz CT molecular complexity index is 963. The summed E-state index contributed by atoms with van der Waals surface area (Å²) in [5, 5.41) is 12.7. The van der Waals surface area contributed by atoms with Crippen LogP contribution in [0.25, 0.3) is 0 Å². The second-order valence-electron chi connectivity index (χ2n) is 7.38. The lowest BCUT2D eigenvalue weighted by Crippen LogP contribution is -2.22. The average Bonchev–Trinajstić information content (AvgIpc) is 2.81. The van der Waals surface area contributed by atoms with Crippen LogP contribution in [-0.4, -0.2) is 32.6 Å². The maximum absolute atomic E-state index is 11.4. The van der Waals surface area contributed by atoms with Crippen LogP contribution in [0.3, 0.4) is 0 Å². The van der Waals surface area contributed by atoms with Crippen molar-refractivity contribution in [2.45, 2.75) is 39.7 Å². The zero-order chi connectivity index (χ0) is 22.1. The van der Waals surface area contributed by atoms with Gasteiger partial charge >= 0.3 is 5.97 Å². The van der Waals surface area contributed by atoms with Gasteiger partial charge in [-0.15, -0.1) is 0 Å². The van der Waals surface area contributed by atoms with Gasteiger partial charge in [0, 0.05) is 43.3 Å². The molecule has 1 aromatic carbocycles. The van der Waals surface area contributed by atoms with Gasteiger partial charge in [-0.05, 0) is 48.7 Å². The first-order valence-electron chi connectivity index (χ1n) is 10.7. The van der Waals surface area contributed by atoms with Crippen molar-refractivity contribution >= 4 is 23.4 Å². The highest BCUT2D eigenvalue weighted by Gasteiger charge is 2.18. The number of aromatic nitrogens is 3. The molecule has 162 valence electrons. The Morgan fingerprint density at radius 2 is 1.87 bits per heavy atom. The molecule has 31 heavy (non-hydrogen) atoms. The molecule has 0 radical (unpaired) electrons. The summed E-state index contributed by atoms with van der Waals surface area (Å²) in [6, 6.07) is 15.9. The fourth-order valence-electron chi connectivity index (χ4n) is 3.31. The van der Waals surface area contributed by atoms with Crippen molar-refractivity contribution in [3.8, 4) is 0 Å². The highest BCUT2D eigenvalue weighted by Crippen LogP contribution is 2.24. The zero-order valence-corrected chi connectivity index (χ0v) is 18.0. The largest absolute Gasteiger partial charge is 0.481 e. The molecule has 1 atom stereocenters. The lowest BCUT2D eigenvalue weighted by Gasteiger charge is -2.23. The third-order valence-corrected chi connectivity index (χ3v) is 5.07. The van der Waals surface area contributed by atoms with E-state index in [4.69, 9.17) is 0 Å². The fraction of sp³-hybridized carbons (Fsp3) is 0.333. The maximum Gasteiger partial charge on any atom is 0.306 e. The van der Waals surface area contributed by atoms with E-state index in [0.29, 0.717) is 25.3 Å². The third kappa shape index (κ3) is 6.25. The van der Waals surface area contributed by atoms with Crippen LogP contribution in [0.4, 0.5) is 17.5 Å². The molecule has 0 spiro atoms. The Labute approximate surface area is 183 Å². The predicted octanol–water partition coefficient (Wildman–Crippen LogP) is 4.69. The Morgan fingerprint density at radius 1 is 1.06 bits per heavy atom. The van der Waals surface area contributed by atoms with Crippen molar-refractivity contribution in [2.24, 2.45) is 5.92 Å². The van der Waals surface area contributed by atoms with Crippen LogP contribution in [0.2, 0.25) is 0 Å². The van der Waals surface area contributed by atoms with Crippen LogP contribution in [-0.2, 0) is 17.8 Å². The van der Waals surface area contributed by atoms with Crippen molar-refractivity contribution < 1.29 is 9.90 Å². The molecule has 0 aliphatic carbocycles. The molecule has 1 unspecified atom stereocenters. The lowest BCUT2D eigenvalue weighted by atomic mass is 10.0. The van der Waals surface area contributed by atoms with E-state index in [2.05, 4.69) is 56.4 Å². The summed E-state index contributed by atoms with van der Waals surface area (Å²) in [6.45, 7) is 5.45. The minimum atomic E-state index is -0.789. The molecule has 0 saturated carbocycles. The quantitative estimate of drug-likeness (QED) is 0.466. The van der Waals surface area contributed by atoms with E-state index in [1.54, 1.807) is 18.5 Å². The van der Waals surface area contributed by atoms with E-state index in [-0.39, 0.29) is 0 Å². The van der Waals surface area contributed by atoms with Crippen molar-refractivity contribution in [1.29, 1.82) is 0 Å². The first kappa shape index (κ1) is 22.2. The minimum absolute atomic E-state index is 0.402. The molecule has 0 saturated heterocycles. The summed E-state index contributed by atoms with van der Waals surface area (Å²) < 4.78 is 0. The number of carbonyl (C=O) groups is 1. The third-order valence-electron chi connectivity index (χ3n) is 5.07. The molecule has 0 aliphatic heterocycles. The number of pyridine rings is 1. The van der Waals surface area contributed by atoms with E-state index < -0.39 is 11.9 Å². The van der Waals surface area contributed by atoms with Gasteiger partial charge in [0.1, 0.15) is 5.82 Å². The van der Waals surface area contributed by atoms with Gasteiger partial charge in [0.15, 0.2) is 0 Å². The van der Waals surface area contributed by atoms with E-state index in [9.17, 15) is 9.90 Å². The highest BCUT2D eigenvalue weighted by molar-refractivity contribution is 5.70. The van der Waals surface area contributed by atoms with Crippen molar-refractivity contribution in [1.82, 2.24) is 15.0 Å². The second-order valence-corrected chi connectivity index (χ2v) is 7.38. The van der Waals surface area contributed by atoms with Gasteiger partial charge in [0.25, 0.3) is 0 Å². The number of carboxylic acid groups (broad SMARTS) is 1. The average molecular weight is 420 g/mol. The summed E-state index contributed by atoms with van der Waals surface area (Å²) in [5.41, 5.74) is 2.90. The fourth-order valence-corrected chi connectivity index (χ4v) is 3.31. The van der Waals surface area contributed by atoms with Gasteiger partial charge in [-0.1, -0.05) is 32.0 Å². The number of rotatable bonds is 11. The van der Waals surface area contributed by atoms with Crippen LogP contribution in [0.5, 0.6) is 0 Å². The standard InChI is InChI=1S/C24H29N5O2/c1-3-15-29(24-26-14-12-20(28-24)16-19(4-2)23(30)31)21-10-8-18(9-11-21)17-27-22-7-5-6-13-25-22/h5-14,19H,3-4,15-17H2,1-2H3,(H,25,27)(H,30,31). The number of carboxylic acids is 1. The predicted molar refractivity (Wildman–Crippen MR) is 122 cm³/mol. The Balaban J connectivity index is 1.74. The molecule has 0 fully saturated rings. The number of anilines is 3. The number of nitrogens with one attached hydrogen (secondary N) is 1. The van der Waals surface area contributed by atoms with Crippen LogP contribution >= 0.6 is 0 Å². The minimum Gasteiger partial charge on any atom is -0.481 e. The van der Waals surface area contributed by atoms with Gasteiger partial charge in [0.05, 0.1) is 5.92 Å². The van der Waals surface area contributed by atoms with Crippen LogP contribution < -0.4 is 10.2 Å². The van der Waals surface area contributed by atoms with E-state index >= 15 is 0 Å². The van der Waals surface area contributed by atoms with Gasteiger partial charge in [-0.3, -0.25) is 4.79 Å². The summed E-state index contributed by atoms with van der Waals surface area (Å²) >= 11 is 0. The smallest absolute Gasteiger partial charge is 0.306 e. The summed E-state index contributed by atoms with van der Waals surface area (Å²) in [5.74, 6) is 0.214. The summed E-state index contributed by atoms with van der Waals surface area (Å²) in [6.07, 6.45) is 5.38. The maximum atomic E-state index is 11.4. The van der Waals surface area contributed by atoms with Gasteiger partial charge in [0.2, 0.25) is 5.95 Å². The van der Waals surface area contributed by atoms with Crippen LogP contribution in [0, 0.1) is 5.92 Å². The molecule has 3 aromatic rings. The molecule has 2 heterocycles. The number of hydrogen-bond acceptors (Lipinski definition) is 6. The van der Waals surface area contributed by atoms with Crippen molar-refractivity contribution in [3.63, 3.8) is 0 Å². The highest BCUT2D eigenvalue weighted by atomic mass is 16.4. The van der Waals surface area contributed by atoms with Crippen LogP contribution in [0.1, 0.15) is 37.9 Å². The topological polar surface area (TPSA) is 91.2 Å². The molecule has 3 rings (SSSR count). The number of aliphatic carboxylic acids is 1. The van der Waals surface area contributed by atoms with Crippen molar-refractivity contribution in [3.05, 3.63) is 72.2 Å².